The van der Waals surface area contributed by atoms with Gasteiger partial charge in [-0.3, -0.25) is 0 Å². The highest BCUT2D eigenvalue weighted by Gasteiger charge is 2.18. The number of nitrogen functional groups attached to an aromatic ring is 1. The van der Waals surface area contributed by atoms with E-state index < -0.39 is 0 Å². The quantitative estimate of drug-likeness (QED) is 0.827. The molecule has 0 aromatic carbocycles. The van der Waals surface area contributed by atoms with Crippen molar-refractivity contribution in [3.05, 3.63) is 12.1 Å². The number of piperazine rings is 1. The van der Waals surface area contributed by atoms with E-state index in [2.05, 4.69) is 15.2 Å². The Balaban J connectivity index is 2.19. The molecule has 2 rings (SSSR count). The smallest absolute Gasteiger partial charge is 0.239 e. The monoisotopic (exact) mass is 250 g/mol. The maximum Gasteiger partial charge on any atom is 0.239 e. The molecule has 1 aromatic heterocycles. The molecule has 100 valence electrons. The van der Waals surface area contributed by atoms with Crippen molar-refractivity contribution in [2.75, 3.05) is 36.8 Å². The van der Waals surface area contributed by atoms with Gasteiger partial charge in [0.25, 0.3) is 0 Å². The normalized spacial score (nSPS) is 16.7. The van der Waals surface area contributed by atoms with E-state index in [9.17, 15) is 0 Å². The van der Waals surface area contributed by atoms with Crippen molar-refractivity contribution in [1.82, 2.24) is 10.3 Å². The van der Waals surface area contributed by atoms with Crippen LogP contribution in [0.2, 0.25) is 0 Å². The summed E-state index contributed by atoms with van der Waals surface area (Å²) in [6.07, 6.45) is 0. The van der Waals surface area contributed by atoms with Crippen LogP contribution in [0.3, 0.4) is 0 Å². The van der Waals surface area contributed by atoms with Gasteiger partial charge in [0.2, 0.25) is 5.88 Å². The third kappa shape index (κ3) is 3.26. The molecule has 2 heterocycles. The van der Waals surface area contributed by atoms with Gasteiger partial charge in [-0.05, 0) is 32.9 Å². The van der Waals surface area contributed by atoms with Crippen LogP contribution in [0.4, 0.5) is 11.5 Å². The lowest BCUT2D eigenvalue weighted by Gasteiger charge is -2.29. The molecule has 5 nitrogen and oxygen atoms in total. The first-order valence-corrected chi connectivity index (χ1v) is 6.37. The van der Waals surface area contributed by atoms with Gasteiger partial charge in [0, 0.05) is 26.2 Å². The van der Waals surface area contributed by atoms with E-state index in [0.717, 1.165) is 32.0 Å². The number of hydrogen-bond donors (Lipinski definition) is 2. The second-order valence-electron chi connectivity index (χ2n) is 5.52. The van der Waals surface area contributed by atoms with Gasteiger partial charge in [0.15, 0.2) is 0 Å². The highest BCUT2D eigenvalue weighted by atomic mass is 16.5. The minimum absolute atomic E-state index is 0.288. The Labute approximate surface area is 108 Å². The minimum Gasteiger partial charge on any atom is -0.470 e. The molecule has 3 N–H and O–H groups in total. The molecule has 18 heavy (non-hydrogen) atoms. The van der Waals surface area contributed by atoms with Gasteiger partial charge in [-0.2, -0.15) is 4.98 Å². The number of nitrogens with two attached hydrogens (primary N) is 1. The average molecular weight is 250 g/mol. The zero-order valence-corrected chi connectivity index (χ0v) is 11.4. The Kier molecular flexibility index (Phi) is 3.61. The number of hydrogen-bond acceptors (Lipinski definition) is 5. The number of nitrogens with one attached hydrogen (secondary N) is 1. The van der Waals surface area contributed by atoms with Gasteiger partial charge < -0.3 is 20.7 Å². The molecule has 0 amide bonds. The van der Waals surface area contributed by atoms with Crippen molar-refractivity contribution in [2.24, 2.45) is 0 Å². The second kappa shape index (κ2) is 5.02. The van der Waals surface area contributed by atoms with Crippen LogP contribution in [0.25, 0.3) is 0 Å². The average Bonchev–Trinajstić information content (AvgIpc) is 2.31. The molecule has 1 saturated heterocycles. The van der Waals surface area contributed by atoms with Crippen molar-refractivity contribution in [3.63, 3.8) is 0 Å². The van der Waals surface area contributed by atoms with Crippen molar-refractivity contribution < 1.29 is 4.74 Å². The Morgan fingerprint density at radius 1 is 1.28 bits per heavy atom. The Bertz CT molecular complexity index is 408. The van der Waals surface area contributed by atoms with E-state index in [1.165, 1.54) is 0 Å². The summed E-state index contributed by atoms with van der Waals surface area (Å²) < 4.78 is 5.79. The van der Waals surface area contributed by atoms with E-state index in [1.807, 2.05) is 32.9 Å². The van der Waals surface area contributed by atoms with Gasteiger partial charge in [-0.25, -0.2) is 0 Å². The minimum atomic E-state index is -0.288. The van der Waals surface area contributed by atoms with Crippen LogP contribution in [0, 0.1) is 0 Å². The Morgan fingerprint density at radius 2 is 1.94 bits per heavy atom. The summed E-state index contributed by atoms with van der Waals surface area (Å²) in [4.78, 5) is 6.77. The lowest BCUT2D eigenvalue weighted by Crippen LogP contribution is -2.44. The Hall–Kier alpha value is -1.49. The summed E-state index contributed by atoms with van der Waals surface area (Å²) in [7, 11) is 0. The fourth-order valence-corrected chi connectivity index (χ4v) is 1.88. The standard InChI is InChI=1S/C13H22N4O/c1-13(2,3)18-12-10(14)4-5-11(16-12)17-8-6-15-7-9-17/h4-5,15H,6-9,14H2,1-3H3. The summed E-state index contributed by atoms with van der Waals surface area (Å²) >= 11 is 0. The van der Waals surface area contributed by atoms with Gasteiger partial charge in [0.1, 0.15) is 11.4 Å². The third-order valence-corrected chi connectivity index (χ3v) is 2.72. The van der Waals surface area contributed by atoms with Gasteiger partial charge in [-0.15, -0.1) is 0 Å². The number of aromatic nitrogens is 1. The molecule has 0 saturated carbocycles. The SMILES string of the molecule is CC(C)(C)Oc1nc(N2CCNCC2)ccc1N. The fraction of sp³-hybridized carbons (Fsp3) is 0.615. The maximum absolute atomic E-state index is 5.91. The topological polar surface area (TPSA) is 63.4 Å². The first-order valence-electron chi connectivity index (χ1n) is 6.37. The summed E-state index contributed by atoms with van der Waals surface area (Å²) in [6, 6.07) is 3.82. The largest absolute Gasteiger partial charge is 0.470 e. The van der Waals surface area contributed by atoms with Crippen molar-refractivity contribution in [3.8, 4) is 5.88 Å². The summed E-state index contributed by atoms with van der Waals surface area (Å²) in [5, 5.41) is 3.32. The molecular formula is C13H22N4O. The maximum atomic E-state index is 5.91. The molecule has 0 radical (unpaired) electrons. The number of nitrogens with zero attached hydrogens (tertiary/aromatic N) is 2. The molecule has 0 atom stereocenters. The third-order valence-electron chi connectivity index (χ3n) is 2.72. The number of pyridine rings is 1. The highest BCUT2D eigenvalue weighted by Crippen LogP contribution is 2.26. The van der Waals surface area contributed by atoms with Crippen LogP contribution < -0.4 is 20.7 Å². The lowest BCUT2D eigenvalue weighted by molar-refractivity contribution is 0.125. The second-order valence-corrected chi connectivity index (χ2v) is 5.52. The van der Waals surface area contributed by atoms with Crippen LogP contribution in [-0.4, -0.2) is 36.8 Å². The Morgan fingerprint density at radius 3 is 2.56 bits per heavy atom. The number of rotatable bonds is 2. The fourth-order valence-electron chi connectivity index (χ4n) is 1.88. The van der Waals surface area contributed by atoms with E-state index in [1.54, 1.807) is 0 Å². The van der Waals surface area contributed by atoms with Crippen LogP contribution in [-0.2, 0) is 0 Å². The van der Waals surface area contributed by atoms with Gasteiger partial charge >= 0.3 is 0 Å². The molecule has 0 bridgehead atoms. The molecule has 0 unspecified atom stereocenters. The van der Waals surface area contributed by atoms with Crippen LogP contribution in [0.5, 0.6) is 5.88 Å². The molecular weight excluding hydrogens is 228 g/mol. The zero-order valence-electron chi connectivity index (χ0n) is 11.4. The first-order chi connectivity index (χ1) is 8.46. The van der Waals surface area contributed by atoms with Gasteiger partial charge in [0.05, 0.1) is 5.69 Å². The molecule has 1 aromatic rings. The molecule has 1 aliphatic heterocycles. The van der Waals surface area contributed by atoms with Crippen molar-refractivity contribution in [2.45, 2.75) is 26.4 Å². The van der Waals surface area contributed by atoms with E-state index >= 15 is 0 Å². The first kappa shape index (κ1) is 13.0. The molecule has 0 spiro atoms. The molecule has 5 heteroatoms. The van der Waals surface area contributed by atoms with E-state index in [-0.39, 0.29) is 5.60 Å². The van der Waals surface area contributed by atoms with Crippen molar-refractivity contribution >= 4 is 11.5 Å². The predicted octanol–water partition coefficient (Wildman–Crippen LogP) is 1.25. The predicted molar refractivity (Wildman–Crippen MR) is 74.1 cm³/mol. The van der Waals surface area contributed by atoms with E-state index in [4.69, 9.17) is 10.5 Å². The van der Waals surface area contributed by atoms with Crippen LogP contribution in [0.15, 0.2) is 12.1 Å². The molecule has 0 aliphatic carbocycles. The summed E-state index contributed by atoms with van der Waals surface area (Å²) in [6.45, 7) is 9.88. The van der Waals surface area contributed by atoms with Crippen LogP contribution in [0.1, 0.15) is 20.8 Å². The zero-order chi connectivity index (χ0) is 13.2. The molecule has 1 aliphatic rings. The van der Waals surface area contributed by atoms with E-state index in [0.29, 0.717) is 11.6 Å². The highest BCUT2D eigenvalue weighted by molar-refractivity contribution is 5.54. The van der Waals surface area contributed by atoms with Gasteiger partial charge in [-0.1, -0.05) is 0 Å². The molecule has 1 fully saturated rings. The van der Waals surface area contributed by atoms with Crippen molar-refractivity contribution in [1.29, 1.82) is 0 Å². The summed E-state index contributed by atoms with van der Waals surface area (Å²) in [5.74, 6) is 1.46. The summed E-state index contributed by atoms with van der Waals surface area (Å²) in [5.41, 5.74) is 6.21. The lowest BCUT2D eigenvalue weighted by atomic mass is 10.2. The van der Waals surface area contributed by atoms with Crippen LogP contribution >= 0.6 is 0 Å². The number of ether oxygens (including phenoxy) is 1. The number of anilines is 2.